The number of rotatable bonds is 2. The molecule has 0 radical (unpaired) electrons. The van der Waals surface area contributed by atoms with Crippen molar-refractivity contribution in [2.75, 3.05) is 6.61 Å². The van der Waals surface area contributed by atoms with Crippen molar-refractivity contribution in [3.8, 4) is 5.75 Å². The number of aromatic nitrogens is 2. The van der Waals surface area contributed by atoms with E-state index in [-0.39, 0.29) is 18.2 Å². The molecule has 0 aromatic carbocycles. The van der Waals surface area contributed by atoms with Crippen molar-refractivity contribution in [1.82, 2.24) is 9.55 Å². The number of fused-ring (bicyclic) bond motifs is 4. The molecule has 6 heteroatoms. The van der Waals surface area contributed by atoms with Gasteiger partial charge in [0, 0.05) is 12.5 Å². The second-order valence-electron chi connectivity index (χ2n) is 5.53. The fraction of sp³-hybridized carbons (Fsp3) is 0.643. The molecule has 1 aliphatic heterocycles. The van der Waals surface area contributed by atoms with Crippen LogP contribution < -0.4 is 5.56 Å². The molecule has 0 saturated heterocycles. The van der Waals surface area contributed by atoms with E-state index in [4.69, 9.17) is 4.74 Å². The highest BCUT2D eigenvalue weighted by atomic mass is 16.5. The second-order valence-corrected chi connectivity index (χ2v) is 5.53. The van der Waals surface area contributed by atoms with Gasteiger partial charge < -0.3 is 9.84 Å². The van der Waals surface area contributed by atoms with Crippen molar-refractivity contribution in [2.45, 2.75) is 45.1 Å². The molecule has 2 bridgehead atoms. The lowest BCUT2D eigenvalue weighted by molar-refractivity contribution is 0.0513. The molecule has 2 heterocycles. The first-order valence-corrected chi connectivity index (χ1v) is 7.12. The minimum atomic E-state index is -0.733. The average molecular weight is 278 g/mol. The van der Waals surface area contributed by atoms with Crippen LogP contribution in [0.5, 0.6) is 5.75 Å². The van der Waals surface area contributed by atoms with E-state index in [0.29, 0.717) is 18.3 Å². The fourth-order valence-corrected chi connectivity index (χ4v) is 3.34. The number of aromatic hydroxyl groups is 1. The molecule has 1 N–H and O–H groups in total. The predicted molar refractivity (Wildman–Crippen MR) is 70.8 cm³/mol. The Morgan fingerprint density at radius 3 is 3.05 bits per heavy atom. The van der Waals surface area contributed by atoms with Gasteiger partial charge in [-0.1, -0.05) is 6.42 Å². The zero-order chi connectivity index (χ0) is 14.3. The topological polar surface area (TPSA) is 81.4 Å². The van der Waals surface area contributed by atoms with Gasteiger partial charge in [-0.15, -0.1) is 0 Å². The van der Waals surface area contributed by atoms with Crippen LogP contribution in [0.2, 0.25) is 0 Å². The normalized spacial score (nSPS) is 24.1. The first-order valence-electron chi connectivity index (χ1n) is 7.12. The maximum atomic E-state index is 12.2. The summed E-state index contributed by atoms with van der Waals surface area (Å²) in [4.78, 5) is 28.3. The van der Waals surface area contributed by atoms with Gasteiger partial charge >= 0.3 is 5.97 Å². The molecular weight excluding hydrogens is 260 g/mol. The second kappa shape index (κ2) is 4.92. The first-order chi connectivity index (χ1) is 9.61. The SMILES string of the molecule is CCOC(=O)c1nc2n(c(=O)c1O)CC1CCCC2C1. The van der Waals surface area contributed by atoms with Gasteiger partial charge in [0.1, 0.15) is 5.82 Å². The number of hydrogen-bond donors (Lipinski definition) is 1. The van der Waals surface area contributed by atoms with E-state index >= 15 is 0 Å². The summed E-state index contributed by atoms with van der Waals surface area (Å²) in [5.74, 6) is -0.0000192. The molecule has 0 spiro atoms. The number of carbonyl (C=O) groups excluding carboxylic acids is 1. The monoisotopic (exact) mass is 278 g/mol. The van der Waals surface area contributed by atoms with Crippen LogP contribution in [-0.2, 0) is 11.3 Å². The van der Waals surface area contributed by atoms with Gasteiger partial charge in [0.25, 0.3) is 5.56 Å². The van der Waals surface area contributed by atoms with E-state index in [9.17, 15) is 14.7 Å². The quantitative estimate of drug-likeness (QED) is 0.827. The predicted octanol–water partition coefficient (Wildman–Crippen LogP) is 1.41. The van der Waals surface area contributed by atoms with E-state index in [1.807, 2.05) is 0 Å². The van der Waals surface area contributed by atoms with Gasteiger partial charge in [-0.25, -0.2) is 9.78 Å². The average Bonchev–Trinajstić information content (AvgIpc) is 2.44. The van der Waals surface area contributed by atoms with Crippen molar-refractivity contribution in [3.05, 3.63) is 21.9 Å². The molecule has 20 heavy (non-hydrogen) atoms. The Labute approximate surface area is 116 Å². The van der Waals surface area contributed by atoms with Gasteiger partial charge in [-0.05, 0) is 32.1 Å². The van der Waals surface area contributed by atoms with Crippen molar-refractivity contribution in [1.29, 1.82) is 0 Å². The molecule has 2 aliphatic rings. The van der Waals surface area contributed by atoms with E-state index in [1.165, 1.54) is 4.57 Å². The lowest BCUT2D eigenvalue weighted by Crippen LogP contribution is -2.37. The zero-order valence-electron chi connectivity index (χ0n) is 11.5. The summed E-state index contributed by atoms with van der Waals surface area (Å²) in [5.41, 5.74) is -0.762. The number of esters is 1. The van der Waals surface area contributed by atoms with E-state index < -0.39 is 17.3 Å². The van der Waals surface area contributed by atoms with Crippen LogP contribution in [-0.4, -0.2) is 27.2 Å². The third-order valence-corrected chi connectivity index (χ3v) is 4.23. The van der Waals surface area contributed by atoms with Crippen LogP contribution in [0.25, 0.3) is 0 Å². The van der Waals surface area contributed by atoms with Gasteiger partial charge in [-0.3, -0.25) is 9.36 Å². The summed E-state index contributed by atoms with van der Waals surface area (Å²) in [5, 5.41) is 9.92. The number of hydrogen-bond acceptors (Lipinski definition) is 5. The van der Waals surface area contributed by atoms with Gasteiger partial charge in [0.05, 0.1) is 6.61 Å². The Morgan fingerprint density at radius 2 is 2.30 bits per heavy atom. The summed E-state index contributed by atoms with van der Waals surface area (Å²) in [7, 11) is 0. The van der Waals surface area contributed by atoms with E-state index in [1.54, 1.807) is 6.92 Å². The Balaban J connectivity index is 2.11. The molecule has 1 aliphatic carbocycles. The smallest absolute Gasteiger partial charge is 0.361 e. The van der Waals surface area contributed by atoms with Gasteiger partial charge in [0.2, 0.25) is 5.75 Å². The zero-order valence-corrected chi connectivity index (χ0v) is 11.5. The molecule has 3 rings (SSSR count). The molecule has 6 nitrogen and oxygen atoms in total. The fourth-order valence-electron chi connectivity index (χ4n) is 3.34. The third-order valence-electron chi connectivity index (χ3n) is 4.23. The minimum Gasteiger partial charge on any atom is -0.501 e. The molecule has 1 aromatic rings. The number of carbonyl (C=O) groups is 1. The van der Waals surface area contributed by atoms with Crippen LogP contribution in [0.15, 0.2) is 4.79 Å². The lowest BCUT2D eigenvalue weighted by Gasteiger charge is -2.36. The van der Waals surface area contributed by atoms with E-state index in [0.717, 1.165) is 25.7 Å². The highest BCUT2D eigenvalue weighted by molar-refractivity contribution is 5.90. The van der Waals surface area contributed by atoms with Crippen molar-refractivity contribution in [3.63, 3.8) is 0 Å². The molecule has 108 valence electrons. The molecular formula is C14H18N2O4. The molecule has 2 atom stereocenters. The number of nitrogens with zero attached hydrogens (tertiary/aromatic N) is 2. The third kappa shape index (κ3) is 1.99. The molecule has 0 amide bonds. The summed E-state index contributed by atoms with van der Waals surface area (Å²) < 4.78 is 6.39. The van der Waals surface area contributed by atoms with Gasteiger partial charge in [-0.2, -0.15) is 0 Å². The largest absolute Gasteiger partial charge is 0.501 e. The highest BCUT2D eigenvalue weighted by Gasteiger charge is 2.34. The maximum Gasteiger partial charge on any atom is 0.361 e. The Kier molecular flexibility index (Phi) is 3.23. The maximum absolute atomic E-state index is 12.2. The Bertz CT molecular complexity index is 608. The first kappa shape index (κ1) is 13.1. The van der Waals surface area contributed by atoms with Crippen molar-refractivity contribution < 1.29 is 14.6 Å². The van der Waals surface area contributed by atoms with Gasteiger partial charge in [0.15, 0.2) is 5.69 Å². The Morgan fingerprint density at radius 1 is 1.50 bits per heavy atom. The van der Waals surface area contributed by atoms with Crippen molar-refractivity contribution >= 4 is 5.97 Å². The van der Waals surface area contributed by atoms with Crippen LogP contribution in [0.4, 0.5) is 0 Å². The number of ether oxygens (including phenoxy) is 1. The van der Waals surface area contributed by atoms with Crippen LogP contribution in [0.3, 0.4) is 0 Å². The molecule has 1 saturated carbocycles. The van der Waals surface area contributed by atoms with Crippen LogP contribution in [0, 0.1) is 5.92 Å². The molecule has 1 fully saturated rings. The van der Waals surface area contributed by atoms with Crippen LogP contribution in [0.1, 0.15) is 54.8 Å². The summed E-state index contributed by atoms with van der Waals surface area (Å²) in [6.07, 6.45) is 4.24. The lowest BCUT2D eigenvalue weighted by atomic mass is 9.78. The highest BCUT2D eigenvalue weighted by Crippen LogP contribution is 2.40. The summed E-state index contributed by atoms with van der Waals surface area (Å²) >= 11 is 0. The Hall–Kier alpha value is -1.85. The van der Waals surface area contributed by atoms with E-state index in [2.05, 4.69) is 4.98 Å². The molecule has 2 unspecified atom stereocenters. The summed E-state index contributed by atoms with van der Waals surface area (Å²) in [6.45, 7) is 2.45. The standard InChI is InChI=1S/C14H18N2O4/c1-2-20-14(19)10-11(17)13(18)16-7-8-4-3-5-9(6-8)12(16)15-10/h8-9,17H,2-7H2,1H3. The minimum absolute atomic E-state index is 0.184. The summed E-state index contributed by atoms with van der Waals surface area (Å²) in [6, 6.07) is 0. The van der Waals surface area contributed by atoms with Crippen molar-refractivity contribution in [2.24, 2.45) is 5.92 Å². The van der Waals surface area contributed by atoms with Crippen LogP contribution >= 0.6 is 0 Å². The molecule has 1 aromatic heterocycles.